The van der Waals surface area contributed by atoms with Crippen LogP contribution in [-0.2, 0) is 4.74 Å². The highest BCUT2D eigenvalue weighted by Gasteiger charge is 2.56. The molecule has 1 nitrogen and oxygen atoms in total. The van der Waals surface area contributed by atoms with Crippen LogP contribution < -0.4 is 0 Å². The highest BCUT2D eigenvalue weighted by molar-refractivity contribution is 5.32. The lowest BCUT2D eigenvalue weighted by atomic mass is 9.48. The van der Waals surface area contributed by atoms with E-state index in [0.29, 0.717) is 10.8 Å². The monoisotopic (exact) mass is 234 g/mol. The minimum absolute atomic E-state index is 0.0681. The molecule has 3 atom stereocenters. The Labute approximate surface area is 106 Å². The summed E-state index contributed by atoms with van der Waals surface area (Å²) in [5.74, 6) is 0.852. The zero-order valence-electron chi connectivity index (χ0n) is 11.8. The fourth-order valence-corrected chi connectivity index (χ4v) is 5.22. The molecule has 0 aromatic carbocycles. The smallest absolute Gasteiger partial charge is 0.0874 e. The van der Waals surface area contributed by atoms with E-state index in [9.17, 15) is 0 Å². The highest BCUT2D eigenvalue weighted by Crippen LogP contribution is 2.63. The topological polar surface area (TPSA) is 9.23 Å². The molecule has 17 heavy (non-hydrogen) atoms. The molecule has 2 fully saturated rings. The van der Waals surface area contributed by atoms with Crippen LogP contribution >= 0.6 is 0 Å². The first-order valence-corrected chi connectivity index (χ1v) is 7.24. The van der Waals surface area contributed by atoms with Crippen molar-refractivity contribution in [1.29, 1.82) is 0 Å². The fourth-order valence-electron chi connectivity index (χ4n) is 5.22. The van der Waals surface area contributed by atoms with Gasteiger partial charge < -0.3 is 4.74 Å². The summed E-state index contributed by atoms with van der Waals surface area (Å²) in [4.78, 5) is 0. The molecule has 0 aromatic heterocycles. The van der Waals surface area contributed by atoms with Crippen LogP contribution in [0.25, 0.3) is 0 Å². The van der Waals surface area contributed by atoms with Crippen molar-refractivity contribution in [2.24, 2.45) is 16.7 Å². The second kappa shape index (κ2) is 3.38. The number of hydrogen-bond acceptors (Lipinski definition) is 1. The summed E-state index contributed by atoms with van der Waals surface area (Å²) in [6.45, 7) is 10.6. The molecule has 0 amide bonds. The zero-order valence-corrected chi connectivity index (χ0v) is 11.8. The number of ether oxygens (including phenoxy) is 1. The van der Waals surface area contributed by atoms with Gasteiger partial charge in [0.25, 0.3) is 0 Å². The third kappa shape index (κ3) is 1.47. The molecule has 0 radical (unpaired) electrons. The molecular weight excluding hydrogens is 208 g/mol. The highest BCUT2D eigenvalue weighted by atomic mass is 16.5. The Morgan fingerprint density at radius 1 is 1.12 bits per heavy atom. The molecule has 96 valence electrons. The van der Waals surface area contributed by atoms with Gasteiger partial charge >= 0.3 is 0 Å². The van der Waals surface area contributed by atoms with Gasteiger partial charge in [0.1, 0.15) is 0 Å². The molecule has 0 spiro atoms. The molecule has 0 N–H and O–H groups in total. The van der Waals surface area contributed by atoms with Gasteiger partial charge in [-0.15, -0.1) is 0 Å². The van der Waals surface area contributed by atoms with E-state index in [1.165, 1.54) is 32.1 Å². The Bertz CT molecular complexity index is 368. The molecule has 0 saturated heterocycles. The normalized spacial score (nSPS) is 48.2. The number of fused-ring (bicyclic) bond motifs is 3. The van der Waals surface area contributed by atoms with Crippen molar-refractivity contribution in [3.63, 3.8) is 0 Å². The molecule has 2 saturated carbocycles. The van der Waals surface area contributed by atoms with Crippen LogP contribution in [-0.4, -0.2) is 12.2 Å². The summed E-state index contributed by atoms with van der Waals surface area (Å²) in [7, 11) is 0. The Hall–Kier alpha value is -0.300. The Balaban J connectivity index is 2.04. The van der Waals surface area contributed by atoms with Crippen molar-refractivity contribution >= 4 is 0 Å². The summed E-state index contributed by atoms with van der Waals surface area (Å²) >= 11 is 0. The molecule has 1 aliphatic heterocycles. The van der Waals surface area contributed by atoms with Crippen molar-refractivity contribution in [3.05, 3.63) is 11.6 Å². The lowest BCUT2D eigenvalue weighted by molar-refractivity contribution is -0.0709. The lowest BCUT2D eigenvalue weighted by Crippen LogP contribution is -2.52. The Morgan fingerprint density at radius 2 is 1.88 bits per heavy atom. The van der Waals surface area contributed by atoms with E-state index in [2.05, 4.69) is 33.8 Å². The quantitative estimate of drug-likeness (QED) is 0.567. The average Bonchev–Trinajstić information content (AvgIpc) is 2.60. The molecule has 0 unspecified atom stereocenters. The summed E-state index contributed by atoms with van der Waals surface area (Å²) in [6.07, 6.45) is 9.12. The van der Waals surface area contributed by atoms with Crippen LogP contribution in [0.2, 0.25) is 0 Å². The van der Waals surface area contributed by atoms with Crippen molar-refractivity contribution in [2.45, 2.75) is 65.4 Å². The first-order valence-electron chi connectivity index (χ1n) is 7.24. The third-order valence-corrected chi connectivity index (χ3v) is 6.01. The zero-order chi connectivity index (χ0) is 12.3. The van der Waals surface area contributed by atoms with Crippen LogP contribution in [0.3, 0.4) is 0 Å². The van der Waals surface area contributed by atoms with E-state index < -0.39 is 0 Å². The first kappa shape index (κ1) is 11.8. The van der Waals surface area contributed by atoms with E-state index in [1.54, 1.807) is 5.57 Å². The van der Waals surface area contributed by atoms with Crippen LogP contribution in [0, 0.1) is 16.7 Å². The van der Waals surface area contributed by atoms with E-state index in [4.69, 9.17) is 4.74 Å². The summed E-state index contributed by atoms with van der Waals surface area (Å²) in [5, 5.41) is 0. The standard InChI is InChI=1S/C16H26O/c1-14(2)8-5-9-15(3)12(14)6-10-16(4)13(15)7-11-17-16/h7,12H,5-6,8-11H2,1-4H3/t12-,15-,16-/m1/s1. The van der Waals surface area contributed by atoms with Gasteiger partial charge in [0, 0.05) is 0 Å². The number of rotatable bonds is 0. The van der Waals surface area contributed by atoms with Gasteiger partial charge in [-0.2, -0.15) is 0 Å². The molecule has 3 aliphatic rings. The number of hydrogen-bond donors (Lipinski definition) is 0. The Morgan fingerprint density at radius 3 is 2.65 bits per heavy atom. The van der Waals surface area contributed by atoms with Crippen molar-refractivity contribution in [2.75, 3.05) is 6.61 Å². The van der Waals surface area contributed by atoms with Crippen molar-refractivity contribution in [1.82, 2.24) is 0 Å². The second-order valence-electron chi connectivity index (χ2n) is 7.51. The van der Waals surface area contributed by atoms with Gasteiger partial charge in [0.2, 0.25) is 0 Å². The van der Waals surface area contributed by atoms with Crippen LogP contribution in [0.1, 0.15) is 59.8 Å². The van der Waals surface area contributed by atoms with Gasteiger partial charge in [-0.05, 0) is 54.9 Å². The van der Waals surface area contributed by atoms with E-state index >= 15 is 0 Å². The minimum atomic E-state index is 0.0681. The van der Waals surface area contributed by atoms with Gasteiger partial charge in [-0.1, -0.05) is 33.3 Å². The molecular formula is C16H26O. The van der Waals surface area contributed by atoms with E-state index in [0.717, 1.165) is 12.5 Å². The Kier molecular flexibility index (Phi) is 2.34. The molecule has 2 aliphatic carbocycles. The molecule has 3 rings (SSSR count). The summed E-state index contributed by atoms with van der Waals surface area (Å²) < 4.78 is 6.03. The maximum atomic E-state index is 6.03. The predicted molar refractivity (Wildman–Crippen MR) is 70.9 cm³/mol. The lowest BCUT2D eigenvalue weighted by Gasteiger charge is -2.58. The van der Waals surface area contributed by atoms with Crippen LogP contribution in [0.15, 0.2) is 11.6 Å². The van der Waals surface area contributed by atoms with Gasteiger partial charge in [0.05, 0.1) is 12.2 Å². The van der Waals surface area contributed by atoms with Crippen LogP contribution in [0.4, 0.5) is 0 Å². The second-order valence-corrected chi connectivity index (χ2v) is 7.51. The first-order chi connectivity index (χ1) is 7.89. The van der Waals surface area contributed by atoms with E-state index in [1.807, 2.05) is 0 Å². The third-order valence-electron chi connectivity index (χ3n) is 6.01. The maximum Gasteiger partial charge on any atom is 0.0874 e. The van der Waals surface area contributed by atoms with Crippen molar-refractivity contribution in [3.8, 4) is 0 Å². The summed E-state index contributed by atoms with van der Waals surface area (Å²) in [5.41, 5.74) is 2.62. The molecule has 1 heteroatoms. The van der Waals surface area contributed by atoms with Gasteiger partial charge in [-0.3, -0.25) is 0 Å². The average molecular weight is 234 g/mol. The summed E-state index contributed by atoms with van der Waals surface area (Å²) in [6, 6.07) is 0. The van der Waals surface area contributed by atoms with Crippen molar-refractivity contribution < 1.29 is 4.74 Å². The maximum absolute atomic E-state index is 6.03. The van der Waals surface area contributed by atoms with Gasteiger partial charge in [-0.25, -0.2) is 0 Å². The van der Waals surface area contributed by atoms with E-state index in [-0.39, 0.29) is 5.60 Å². The minimum Gasteiger partial charge on any atom is -0.367 e. The predicted octanol–water partition coefficient (Wildman–Crippen LogP) is 4.33. The molecule has 1 heterocycles. The molecule has 0 bridgehead atoms. The SMILES string of the molecule is CC1(C)CCC[C@@]2(C)C3=CCO[C@]3(C)CC[C@H]12. The molecule has 0 aromatic rings. The largest absolute Gasteiger partial charge is 0.367 e. The fraction of sp³-hybridized carbons (Fsp3) is 0.875. The van der Waals surface area contributed by atoms with Crippen LogP contribution in [0.5, 0.6) is 0 Å². The van der Waals surface area contributed by atoms with Gasteiger partial charge in [0.15, 0.2) is 0 Å².